The number of carbonyl (C=O) groups is 2. The van der Waals surface area contributed by atoms with E-state index in [2.05, 4.69) is 32.7 Å². The third kappa shape index (κ3) is 7.22. The number of aryl methyl sites for hydroxylation is 1. The smallest absolute Gasteiger partial charge is 0.221 e. The molecule has 0 fully saturated rings. The van der Waals surface area contributed by atoms with Gasteiger partial charge in [0.1, 0.15) is 5.75 Å². The van der Waals surface area contributed by atoms with Gasteiger partial charge in [-0.3, -0.25) is 9.59 Å². The van der Waals surface area contributed by atoms with Gasteiger partial charge in [0.2, 0.25) is 11.8 Å². The first-order valence-electron chi connectivity index (χ1n) is 13.3. The van der Waals surface area contributed by atoms with Crippen LogP contribution in [0.15, 0.2) is 83.3 Å². The highest BCUT2D eigenvalue weighted by Crippen LogP contribution is 2.29. The predicted molar refractivity (Wildman–Crippen MR) is 163 cm³/mol. The van der Waals surface area contributed by atoms with Crippen molar-refractivity contribution in [2.45, 2.75) is 36.1 Å². The average Bonchev–Trinajstić information content (AvgIpc) is 3.58. The summed E-state index contributed by atoms with van der Waals surface area (Å²) < 4.78 is 7.51. The Morgan fingerprint density at radius 3 is 2.65 bits per heavy atom. The van der Waals surface area contributed by atoms with Gasteiger partial charge in [0.25, 0.3) is 0 Å². The molecule has 0 saturated heterocycles. The number of hydrogen-bond donors (Lipinski definition) is 3. The summed E-state index contributed by atoms with van der Waals surface area (Å²) in [6, 6.07) is 23.6. The van der Waals surface area contributed by atoms with E-state index >= 15 is 0 Å². The number of rotatable bonds is 13. The van der Waals surface area contributed by atoms with Crippen LogP contribution in [0.5, 0.6) is 5.75 Å². The van der Waals surface area contributed by atoms with Gasteiger partial charge >= 0.3 is 0 Å². The van der Waals surface area contributed by atoms with Gasteiger partial charge in [0.05, 0.1) is 23.4 Å². The number of nitrogens with one attached hydrogen (secondary N) is 3. The van der Waals surface area contributed by atoms with E-state index in [0.717, 1.165) is 42.3 Å². The molecule has 0 aliphatic heterocycles. The number of methoxy groups -OCH3 is 1. The van der Waals surface area contributed by atoms with Crippen LogP contribution in [0, 0.1) is 0 Å². The highest BCUT2D eigenvalue weighted by molar-refractivity contribution is 8.01. The van der Waals surface area contributed by atoms with E-state index < -0.39 is 0 Å². The van der Waals surface area contributed by atoms with Crippen molar-refractivity contribution >= 4 is 56.0 Å². The highest BCUT2D eigenvalue weighted by Gasteiger charge is 2.17. The van der Waals surface area contributed by atoms with E-state index in [0.29, 0.717) is 38.0 Å². The van der Waals surface area contributed by atoms with Gasteiger partial charge in [-0.25, -0.2) is 4.98 Å². The van der Waals surface area contributed by atoms with Crippen molar-refractivity contribution in [3.05, 3.63) is 90.1 Å². The molecular weight excluding hydrogens is 541 g/mol. The van der Waals surface area contributed by atoms with Crippen LogP contribution in [0.4, 0.5) is 0 Å². The minimum absolute atomic E-state index is 0.0401. The normalized spacial score (nSPS) is 11.9. The number of hydrogen-bond acceptors (Lipinski definition) is 6. The van der Waals surface area contributed by atoms with Crippen LogP contribution in [-0.4, -0.2) is 47.2 Å². The first-order chi connectivity index (χ1) is 19.6. The Labute approximate surface area is 241 Å². The number of amides is 2. The molecule has 206 valence electrons. The number of aromatic amines is 1. The quantitative estimate of drug-likeness (QED) is 0.156. The molecule has 0 radical (unpaired) electrons. The van der Waals surface area contributed by atoms with Crippen LogP contribution in [0.1, 0.15) is 24.0 Å². The third-order valence-corrected chi connectivity index (χ3v) is 8.88. The van der Waals surface area contributed by atoms with Crippen LogP contribution < -0.4 is 15.4 Å². The van der Waals surface area contributed by atoms with Crippen LogP contribution >= 0.6 is 23.1 Å². The van der Waals surface area contributed by atoms with Gasteiger partial charge in [0, 0.05) is 42.2 Å². The highest BCUT2D eigenvalue weighted by atomic mass is 32.2. The van der Waals surface area contributed by atoms with Crippen molar-refractivity contribution in [3.63, 3.8) is 0 Å². The van der Waals surface area contributed by atoms with Crippen molar-refractivity contribution < 1.29 is 14.3 Å². The number of thiazole rings is 1. The van der Waals surface area contributed by atoms with Crippen molar-refractivity contribution in [1.29, 1.82) is 0 Å². The minimum Gasteiger partial charge on any atom is -0.496 e. The standard InChI is InChI=1S/C31H32N4O3S2/c1-38-27-12-6-2-8-21(27)14-15-29(36)33-20-23(18-22-19-32-25-10-4-3-9-24(22)25)34-30(37)16-17-39-31-35-26-11-5-7-13-28(26)40-31/h2-13,19,23,32H,14-18,20H2,1H3,(H,33,36)(H,34,37). The van der Waals surface area contributed by atoms with Gasteiger partial charge in [-0.05, 0) is 48.2 Å². The minimum atomic E-state index is -0.241. The van der Waals surface area contributed by atoms with E-state index in [-0.39, 0.29) is 17.9 Å². The maximum Gasteiger partial charge on any atom is 0.221 e. The zero-order valence-corrected chi connectivity index (χ0v) is 23.9. The van der Waals surface area contributed by atoms with Crippen LogP contribution in [0.2, 0.25) is 0 Å². The van der Waals surface area contributed by atoms with Crippen molar-refractivity contribution in [3.8, 4) is 5.75 Å². The number of ether oxygens (including phenoxy) is 1. The Balaban J connectivity index is 1.17. The fraction of sp³-hybridized carbons (Fsp3) is 0.258. The molecule has 2 amide bonds. The molecule has 5 aromatic rings. The maximum atomic E-state index is 13.0. The zero-order valence-electron chi connectivity index (χ0n) is 22.3. The van der Waals surface area contributed by atoms with Crippen molar-refractivity contribution in [2.75, 3.05) is 19.4 Å². The first-order valence-corrected chi connectivity index (χ1v) is 15.1. The summed E-state index contributed by atoms with van der Waals surface area (Å²) in [4.78, 5) is 33.6. The Hall–Kier alpha value is -3.82. The second-order valence-corrected chi connectivity index (χ2v) is 11.9. The molecule has 40 heavy (non-hydrogen) atoms. The fourth-order valence-corrected chi connectivity index (χ4v) is 6.74. The summed E-state index contributed by atoms with van der Waals surface area (Å²) in [5.41, 5.74) is 4.14. The number of aromatic nitrogens is 2. The average molecular weight is 573 g/mol. The molecule has 2 heterocycles. The van der Waals surface area contributed by atoms with Gasteiger partial charge in [-0.2, -0.15) is 0 Å². The lowest BCUT2D eigenvalue weighted by Gasteiger charge is -2.19. The lowest BCUT2D eigenvalue weighted by Crippen LogP contribution is -2.45. The monoisotopic (exact) mass is 572 g/mol. The summed E-state index contributed by atoms with van der Waals surface area (Å²) in [7, 11) is 1.63. The van der Waals surface area contributed by atoms with Gasteiger partial charge < -0.3 is 20.4 Å². The third-order valence-electron chi connectivity index (χ3n) is 6.69. The molecule has 5 rings (SSSR count). The Bertz CT molecular complexity index is 1560. The molecule has 0 aliphatic rings. The molecule has 3 aromatic carbocycles. The summed E-state index contributed by atoms with van der Waals surface area (Å²) in [5.74, 6) is 1.32. The molecule has 0 bridgehead atoms. The lowest BCUT2D eigenvalue weighted by molar-refractivity contribution is -0.123. The van der Waals surface area contributed by atoms with Crippen LogP contribution in [0.3, 0.4) is 0 Å². The molecule has 0 saturated carbocycles. The van der Waals surface area contributed by atoms with E-state index in [1.807, 2.05) is 66.9 Å². The second kappa shape index (κ2) is 13.5. The summed E-state index contributed by atoms with van der Waals surface area (Å²) in [5, 5.41) is 7.32. The number of nitrogens with zero attached hydrogens (tertiary/aromatic N) is 1. The number of H-pyrrole nitrogens is 1. The van der Waals surface area contributed by atoms with Crippen molar-refractivity contribution in [2.24, 2.45) is 0 Å². The first kappa shape index (κ1) is 27.7. The molecule has 0 aliphatic carbocycles. The van der Waals surface area contributed by atoms with E-state index in [1.165, 1.54) is 0 Å². The maximum absolute atomic E-state index is 13.0. The number of para-hydroxylation sites is 3. The number of thioether (sulfide) groups is 1. The molecule has 9 heteroatoms. The fourth-order valence-electron chi connectivity index (χ4n) is 4.67. The molecular formula is C31H32N4O3S2. The predicted octanol–water partition coefficient (Wildman–Crippen LogP) is 5.74. The summed E-state index contributed by atoms with van der Waals surface area (Å²) in [6.45, 7) is 0.348. The van der Waals surface area contributed by atoms with E-state index in [9.17, 15) is 9.59 Å². The molecule has 1 unspecified atom stereocenters. The Morgan fingerprint density at radius 1 is 0.975 bits per heavy atom. The lowest BCUT2D eigenvalue weighted by atomic mass is 10.0. The van der Waals surface area contributed by atoms with E-state index in [1.54, 1.807) is 30.2 Å². The zero-order chi connectivity index (χ0) is 27.7. The number of carbonyl (C=O) groups excluding carboxylic acids is 2. The van der Waals surface area contributed by atoms with Crippen LogP contribution in [-0.2, 0) is 22.4 Å². The summed E-state index contributed by atoms with van der Waals surface area (Å²) >= 11 is 3.24. The molecule has 3 N–H and O–H groups in total. The van der Waals surface area contributed by atoms with Gasteiger partial charge in [-0.15, -0.1) is 11.3 Å². The van der Waals surface area contributed by atoms with Gasteiger partial charge in [-0.1, -0.05) is 60.3 Å². The number of benzene rings is 3. The molecule has 1 atom stereocenters. The largest absolute Gasteiger partial charge is 0.496 e. The summed E-state index contributed by atoms with van der Waals surface area (Å²) in [6.07, 6.45) is 3.88. The van der Waals surface area contributed by atoms with Crippen LogP contribution in [0.25, 0.3) is 21.1 Å². The second-order valence-electron chi connectivity index (χ2n) is 9.49. The van der Waals surface area contributed by atoms with Gasteiger partial charge in [0.15, 0.2) is 4.34 Å². The Morgan fingerprint density at radius 2 is 1.77 bits per heavy atom. The van der Waals surface area contributed by atoms with E-state index in [4.69, 9.17) is 4.74 Å². The number of fused-ring (bicyclic) bond motifs is 2. The molecule has 0 spiro atoms. The van der Waals surface area contributed by atoms with Crippen molar-refractivity contribution in [1.82, 2.24) is 20.6 Å². The molecule has 2 aromatic heterocycles. The SMILES string of the molecule is COc1ccccc1CCC(=O)NCC(Cc1c[nH]c2ccccc12)NC(=O)CCSc1nc2ccccc2s1. The topological polar surface area (TPSA) is 96.1 Å². The molecule has 7 nitrogen and oxygen atoms in total. The Kier molecular flexibility index (Phi) is 9.36.